The Morgan fingerprint density at radius 1 is 1.00 bits per heavy atom. The zero-order valence-corrected chi connectivity index (χ0v) is 13.8. The van der Waals surface area contributed by atoms with E-state index in [1.54, 1.807) is 0 Å². The van der Waals surface area contributed by atoms with E-state index in [1.807, 2.05) is 43.0 Å². The van der Waals surface area contributed by atoms with Crippen LogP contribution in [0.3, 0.4) is 0 Å². The standard InChI is InChI=1S/C18H25ClN2O/c19-17-10-8-16(9-11-17)18(22)7-5-3-1-2-4-6-13-21-14-12-20-15-21/h8-12,14-15,18,22H,1-7,13H2. The van der Waals surface area contributed by atoms with Gasteiger partial charge in [0.1, 0.15) is 0 Å². The molecule has 0 saturated heterocycles. The highest BCUT2D eigenvalue weighted by atomic mass is 35.5. The molecule has 0 aliphatic rings. The molecule has 1 aromatic heterocycles. The number of rotatable bonds is 10. The van der Waals surface area contributed by atoms with Crippen molar-refractivity contribution in [3.8, 4) is 0 Å². The highest BCUT2D eigenvalue weighted by Crippen LogP contribution is 2.21. The maximum absolute atomic E-state index is 10.1. The van der Waals surface area contributed by atoms with Crippen LogP contribution in [-0.4, -0.2) is 14.7 Å². The number of aromatic nitrogens is 2. The summed E-state index contributed by atoms with van der Waals surface area (Å²) >= 11 is 5.85. The lowest BCUT2D eigenvalue weighted by Crippen LogP contribution is -1.97. The lowest BCUT2D eigenvalue weighted by molar-refractivity contribution is 0.163. The number of nitrogens with zero attached hydrogens (tertiary/aromatic N) is 2. The van der Waals surface area contributed by atoms with Gasteiger partial charge < -0.3 is 9.67 Å². The minimum Gasteiger partial charge on any atom is -0.388 e. The average molecular weight is 321 g/mol. The highest BCUT2D eigenvalue weighted by molar-refractivity contribution is 6.30. The van der Waals surface area contributed by atoms with E-state index in [4.69, 9.17) is 11.6 Å². The first-order valence-electron chi connectivity index (χ1n) is 8.15. The second-order valence-electron chi connectivity index (χ2n) is 5.78. The third-order valence-electron chi connectivity index (χ3n) is 3.96. The van der Waals surface area contributed by atoms with Crippen LogP contribution >= 0.6 is 11.6 Å². The molecule has 1 atom stereocenters. The molecule has 0 aliphatic heterocycles. The van der Waals surface area contributed by atoms with Gasteiger partial charge in [-0.1, -0.05) is 55.8 Å². The molecule has 0 spiro atoms. The Hall–Kier alpha value is -1.32. The molecule has 3 nitrogen and oxygen atoms in total. The van der Waals surface area contributed by atoms with Crippen molar-refractivity contribution in [3.05, 3.63) is 53.6 Å². The van der Waals surface area contributed by atoms with E-state index >= 15 is 0 Å². The van der Waals surface area contributed by atoms with Crippen molar-refractivity contribution in [1.29, 1.82) is 0 Å². The Bertz CT molecular complexity index is 510. The van der Waals surface area contributed by atoms with Crippen molar-refractivity contribution in [3.63, 3.8) is 0 Å². The fraction of sp³-hybridized carbons (Fsp3) is 0.500. The molecule has 1 N–H and O–H groups in total. The zero-order valence-electron chi connectivity index (χ0n) is 13.0. The number of aliphatic hydroxyl groups is 1. The van der Waals surface area contributed by atoms with Gasteiger partial charge in [0.2, 0.25) is 0 Å². The van der Waals surface area contributed by atoms with Crippen LogP contribution in [0.25, 0.3) is 0 Å². The third kappa shape index (κ3) is 6.20. The first-order valence-corrected chi connectivity index (χ1v) is 8.53. The van der Waals surface area contributed by atoms with Gasteiger partial charge in [0.05, 0.1) is 12.4 Å². The molecular weight excluding hydrogens is 296 g/mol. The second-order valence-corrected chi connectivity index (χ2v) is 6.21. The van der Waals surface area contributed by atoms with Crippen molar-refractivity contribution in [1.82, 2.24) is 9.55 Å². The van der Waals surface area contributed by atoms with Gasteiger partial charge in [-0.25, -0.2) is 4.98 Å². The van der Waals surface area contributed by atoms with Crippen LogP contribution in [0.5, 0.6) is 0 Å². The number of hydrogen-bond acceptors (Lipinski definition) is 2. The average Bonchev–Trinajstić information content (AvgIpc) is 3.03. The Morgan fingerprint density at radius 3 is 2.36 bits per heavy atom. The maximum atomic E-state index is 10.1. The normalized spacial score (nSPS) is 12.5. The van der Waals surface area contributed by atoms with Crippen molar-refractivity contribution in [2.45, 2.75) is 57.6 Å². The van der Waals surface area contributed by atoms with Crippen LogP contribution in [0.1, 0.15) is 56.6 Å². The van der Waals surface area contributed by atoms with Gasteiger partial charge in [0.25, 0.3) is 0 Å². The Balaban J connectivity index is 1.47. The van der Waals surface area contributed by atoms with Crippen molar-refractivity contribution < 1.29 is 5.11 Å². The van der Waals surface area contributed by atoms with Gasteiger partial charge >= 0.3 is 0 Å². The minimum atomic E-state index is -0.362. The lowest BCUT2D eigenvalue weighted by Gasteiger charge is -2.10. The first kappa shape index (κ1) is 17.0. The quantitative estimate of drug-likeness (QED) is 0.625. The summed E-state index contributed by atoms with van der Waals surface area (Å²) in [5.41, 5.74) is 0.963. The van der Waals surface area contributed by atoms with E-state index in [9.17, 15) is 5.11 Å². The number of halogens is 1. The van der Waals surface area contributed by atoms with Crippen LogP contribution in [-0.2, 0) is 6.54 Å². The van der Waals surface area contributed by atoms with E-state index in [-0.39, 0.29) is 6.10 Å². The van der Waals surface area contributed by atoms with E-state index in [0.29, 0.717) is 5.02 Å². The van der Waals surface area contributed by atoms with Gasteiger partial charge in [-0.15, -0.1) is 0 Å². The number of aliphatic hydroxyl groups excluding tert-OH is 1. The summed E-state index contributed by atoms with van der Waals surface area (Å²) in [7, 11) is 0. The van der Waals surface area contributed by atoms with Crippen LogP contribution < -0.4 is 0 Å². The summed E-state index contributed by atoms with van der Waals surface area (Å²) in [6, 6.07) is 7.48. The smallest absolute Gasteiger partial charge is 0.0945 e. The van der Waals surface area contributed by atoms with E-state index < -0.39 is 0 Å². The molecule has 1 heterocycles. The predicted octanol–water partition coefficient (Wildman–Crippen LogP) is 5.00. The molecule has 4 heteroatoms. The van der Waals surface area contributed by atoms with Crippen molar-refractivity contribution in [2.24, 2.45) is 0 Å². The Morgan fingerprint density at radius 2 is 1.68 bits per heavy atom. The lowest BCUT2D eigenvalue weighted by atomic mass is 10.0. The second kappa shape index (κ2) is 9.65. The summed E-state index contributed by atoms with van der Waals surface area (Å²) in [6.07, 6.45) is 13.4. The van der Waals surface area contributed by atoms with Gasteiger partial charge in [0.15, 0.2) is 0 Å². The van der Waals surface area contributed by atoms with Gasteiger partial charge in [-0.05, 0) is 30.5 Å². The zero-order chi connectivity index (χ0) is 15.6. The van der Waals surface area contributed by atoms with Gasteiger partial charge in [-0.3, -0.25) is 0 Å². The molecule has 2 aromatic rings. The maximum Gasteiger partial charge on any atom is 0.0945 e. The predicted molar refractivity (Wildman–Crippen MR) is 91.0 cm³/mol. The van der Waals surface area contributed by atoms with Crippen molar-refractivity contribution >= 4 is 11.6 Å². The largest absolute Gasteiger partial charge is 0.388 e. The molecule has 0 aliphatic carbocycles. The van der Waals surface area contributed by atoms with E-state index in [0.717, 1.165) is 24.9 Å². The molecule has 0 fully saturated rings. The minimum absolute atomic E-state index is 0.362. The molecule has 0 radical (unpaired) electrons. The molecule has 1 aromatic carbocycles. The topological polar surface area (TPSA) is 38.0 Å². The fourth-order valence-electron chi connectivity index (χ4n) is 2.61. The highest BCUT2D eigenvalue weighted by Gasteiger charge is 2.06. The first-order chi connectivity index (χ1) is 10.8. The number of benzene rings is 1. The molecular formula is C18H25ClN2O. The summed E-state index contributed by atoms with van der Waals surface area (Å²) in [5.74, 6) is 0. The van der Waals surface area contributed by atoms with E-state index in [1.165, 1.54) is 32.1 Å². The molecule has 22 heavy (non-hydrogen) atoms. The monoisotopic (exact) mass is 320 g/mol. The van der Waals surface area contributed by atoms with Crippen molar-refractivity contribution in [2.75, 3.05) is 0 Å². The summed E-state index contributed by atoms with van der Waals surface area (Å²) in [4.78, 5) is 4.04. The van der Waals surface area contributed by atoms with Crippen LogP contribution in [0.2, 0.25) is 5.02 Å². The number of unbranched alkanes of at least 4 members (excludes halogenated alkanes) is 5. The molecule has 0 amide bonds. The molecule has 1 unspecified atom stereocenters. The van der Waals surface area contributed by atoms with Crippen LogP contribution in [0, 0.1) is 0 Å². The third-order valence-corrected chi connectivity index (χ3v) is 4.21. The van der Waals surface area contributed by atoms with Crippen LogP contribution in [0.4, 0.5) is 0 Å². The number of imidazole rings is 1. The number of hydrogen-bond donors (Lipinski definition) is 1. The molecule has 120 valence electrons. The molecule has 2 rings (SSSR count). The molecule has 0 bridgehead atoms. The summed E-state index contributed by atoms with van der Waals surface area (Å²) in [6.45, 7) is 1.06. The molecule has 0 saturated carbocycles. The Labute approximate surface area is 138 Å². The van der Waals surface area contributed by atoms with Crippen LogP contribution in [0.15, 0.2) is 43.0 Å². The fourth-order valence-corrected chi connectivity index (χ4v) is 2.74. The Kier molecular flexibility index (Phi) is 7.47. The summed E-state index contributed by atoms with van der Waals surface area (Å²) < 4.78 is 2.13. The van der Waals surface area contributed by atoms with Gasteiger partial charge in [-0.2, -0.15) is 0 Å². The number of aryl methyl sites for hydroxylation is 1. The van der Waals surface area contributed by atoms with E-state index in [2.05, 4.69) is 9.55 Å². The SMILES string of the molecule is OC(CCCCCCCCn1ccnc1)c1ccc(Cl)cc1. The summed E-state index contributed by atoms with van der Waals surface area (Å²) in [5, 5.41) is 10.8. The van der Waals surface area contributed by atoms with Gasteiger partial charge in [0, 0.05) is 24.0 Å².